The van der Waals surface area contributed by atoms with Crippen LogP contribution in [0, 0.1) is 19.8 Å². The van der Waals surface area contributed by atoms with Gasteiger partial charge in [0.1, 0.15) is 0 Å². The molecule has 0 aliphatic carbocycles. The molecule has 0 saturated heterocycles. The predicted octanol–water partition coefficient (Wildman–Crippen LogP) is 3.14. The molecule has 0 fully saturated rings. The molecule has 1 atom stereocenters. The van der Waals surface area contributed by atoms with E-state index >= 15 is 0 Å². The Hall–Kier alpha value is -2.89. The number of amides is 1. The van der Waals surface area contributed by atoms with E-state index in [1.54, 1.807) is 12.5 Å². The quantitative estimate of drug-likeness (QED) is 0.742. The largest absolute Gasteiger partial charge is 0.347 e. The lowest BCUT2D eigenvalue weighted by atomic mass is 10.0. The van der Waals surface area contributed by atoms with Crippen molar-refractivity contribution in [2.75, 3.05) is 0 Å². The highest BCUT2D eigenvalue weighted by molar-refractivity contribution is 5.94. The van der Waals surface area contributed by atoms with Crippen LogP contribution < -0.4 is 5.32 Å². The van der Waals surface area contributed by atoms with Gasteiger partial charge in [-0.05, 0) is 50.1 Å². The van der Waals surface area contributed by atoms with Crippen molar-refractivity contribution in [3.63, 3.8) is 0 Å². The van der Waals surface area contributed by atoms with Gasteiger partial charge in [0.15, 0.2) is 0 Å². The highest BCUT2D eigenvalue weighted by Gasteiger charge is 2.18. The first-order valence-electron chi connectivity index (χ1n) is 8.84. The van der Waals surface area contributed by atoms with Crippen LogP contribution in [-0.4, -0.2) is 31.3 Å². The lowest BCUT2D eigenvalue weighted by molar-refractivity contribution is 0.0920. The van der Waals surface area contributed by atoms with Gasteiger partial charge in [-0.15, -0.1) is 0 Å². The molecule has 1 N–H and O–H groups in total. The zero-order chi connectivity index (χ0) is 18.7. The van der Waals surface area contributed by atoms with Gasteiger partial charge in [0, 0.05) is 36.2 Å². The maximum absolute atomic E-state index is 12.6. The molecular formula is C20H25N5O. The molecule has 6 heteroatoms. The molecule has 0 aliphatic rings. The van der Waals surface area contributed by atoms with Gasteiger partial charge in [0.25, 0.3) is 5.91 Å². The first-order chi connectivity index (χ1) is 12.4. The minimum atomic E-state index is -0.0660. The molecule has 1 unspecified atom stereocenters. The summed E-state index contributed by atoms with van der Waals surface area (Å²) in [7, 11) is 0. The Labute approximate surface area is 153 Å². The predicted molar refractivity (Wildman–Crippen MR) is 101 cm³/mol. The van der Waals surface area contributed by atoms with Gasteiger partial charge in [0.2, 0.25) is 0 Å². The van der Waals surface area contributed by atoms with Crippen molar-refractivity contribution in [2.24, 2.45) is 5.92 Å². The van der Waals surface area contributed by atoms with Gasteiger partial charge >= 0.3 is 0 Å². The number of imidazole rings is 1. The summed E-state index contributed by atoms with van der Waals surface area (Å²) in [6.45, 7) is 8.90. The summed E-state index contributed by atoms with van der Waals surface area (Å²) >= 11 is 0. The zero-order valence-electron chi connectivity index (χ0n) is 15.7. The number of rotatable bonds is 6. The molecule has 2 heterocycles. The minimum Gasteiger partial charge on any atom is -0.347 e. The molecule has 1 aromatic carbocycles. The van der Waals surface area contributed by atoms with Crippen LogP contribution in [0.1, 0.15) is 35.6 Å². The summed E-state index contributed by atoms with van der Waals surface area (Å²) in [6.07, 6.45) is 5.42. The third-order valence-electron chi connectivity index (χ3n) is 4.47. The third kappa shape index (κ3) is 4.02. The van der Waals surface area contributed by atoms with Crippen molar-refractivity contribution in [1.29, 1.82) is 0 Å². The van der Waals surface area contributed by atoms with E-state index in [0.717, 1.165) is 17.1 Å². The van der Waals surface area contributed by atoms with Gasteiger partial charge in [0.05, 0.1) is 17.7 Å². The first-order valence-corrected chi connectivity index (χ1v) is 8.84. The van der Waals surface area contributed by atoms with Crippen molar-refractivity contribution >= 4 is 5.91 Å². The smallest absolute Gasteiger partial charge is 0.251 e. The molecule has 2 aromatic heterocycles. The highest BCUT2D eigenvalue weighted by Crippen LogP contribution is 2.14. The van der Waals surface area contributed by atoms with E-state index in [9.17, 15) is 4.79 Å². The summed E-state index contributed by atoms with van der Waals surface area (Å²) < 4.78 is 3.86. The number of hydrogen-bond acceptors (Lipinski definition) is 3. The number of aromatic nitrogens is 4. The summed E-state index contributed by atoms with van der Waals surface area (Å²) in [5, 5.41) is 7.61. The molecule has 0 saturated carbocycles. The van der Waals surface area contributed by atoms with Gasteiger partial charge in [-0.2, -0.15) is 5.10 Å². The van der Waals surface area contributed by atoms with E-state index in [-0.39, 0.29) is 11.9 Å². The summed E-state index contributed by atoms with van der Waals surface area (Å²) in [5.74, 6) is 0.249. The topological polar surface area (TPSA) is 64.7 Å². The van der Waals surface area contributed by atoms with Crippen LogP contribution in [0.25, 0.3) is 5.69 Å². The van der Waals surface area contributed by atoms with E-state index in [2.05, 4.69) is 29.2 Å². The fraction of sp³-hybridized carbons (Fsp3) is 0.350. The van der Waals surface area contributed by atoms with E-state index in [4.69, 9.17) is 0 Å². The van der Waals surface area contributed by atoms with Crippen LogP contribution >= 0.6 is 0 Å². The number of carbonyl (C=O) groups is 1. The SMILES string of the molecule is Cc1cc(C)n(-c2ccc(C(=O)NC(Cn3ccnc3)C(C)C)cc2)n1. The molecule has 6 nitrogen and oxygen atoms in total. The van der Waals surface area contributed by atoms with Crippen molar-refractivity contribution in [2.45, 2.75) is 40.3 Å². The highest BCUT2D eigenvalue weighted by atomic mass is 16.1. The van der Waals surface area contributed by atoms with Crippen LogP contribution in [0.4, 0.5) is 0 Å². The number of hydrogen-bond donors (Lipinski definition) is 1. The van der Waals surface area contributed by atoms with E-state index < -0.39 is 0 Å². The monoisotopic (exact) mass is 351 g/mol. The minimum absolute atomic E-state index is 0.0346. The van der Waals surface area contributed by atoms with Crippen LogP contribution in [0.5, 0.6) is 0 Å². The third-order valence-corrected chi connectivity index (χ3v) is 4.47. The molecule has 0 spiro atoms. The van der Waals surface area contributed by atoms with E-state index in [1.807, 2.05) is 59.6 Å². The maximum Gasteiger partial charge on any atom is 0.251 e. The molecule has 136 valence electrons. The Bertz CT molecular complexity index is 862. The molecule has 3 rings (SSSR count). The molecule has 0 aliphatic heterocycles. The lowest BCUT2D eigenvalue weighted by Crippen LogP contribution is -2.41. The van der Waals surface area contributed by atoms with Crippen molar-refractivity contribution in [3.8, 4) is 5.69 Å². The Morgan fingerprint density at radius 2 is 1.92 bits per heavy atom. The van der Waals surface area contributed by atoms with Gasteiger partial charge in [-0.3, -0.25) is 4.79 Å². The van der Waals surface area contributed by atoms with Crippen LogP contribution in [0.3, 0.4) is 0 Å². The number of aryl methyl sites for hydroxylation is 2. The number of benzene rings is 1. The molecule has 0 radical (unpaired) electrons. The zero-order valence-corrected chi connectivity index (χ0v) is 15.7. The number of carbonyl (C=O) groups excluding carboxylic acids is 1. The lowest BCUT2D eigenvalue weighted by Gasteiger charge is -2.23. The Kier molecular flexibility index (Phi) is 5.21. The maximum atomic E-state index is 12.6. The molecule has 26 heavy (non-hydrogen) atoms. The fourth-order valence-electron chi connectivity index (χ4n) is 2.94. The fourth-order valence-corrected chi connectivity index (χ4v) is 2.94. The van der Waals surface area contributed by atoms with Crippen LogP contribution in [0.15, 0.2) is 49.1 Å². The van der Waals surface area contributed by atoms with Crippen molar-refractivity contribution < 1.29 is 4.79 Å². The average Bonchev–Trinajstić information content (AvgIpc) is 3.23. The molecule has 3 aromatic rings. The number of nitrogens with one attached hydrogen (secondary N) is 1. The second kappa shape index (κ2) is 7.56. The van der Waals surface area contributed by atoms with Gasteiger partial charge in [-0.1, -0.05) is 13.8 Å². The molecular weight excluding hydrogens is 326 g/mol. The summed E-state index contributed by atoms with van der Waals surface area (Å²) in [4.78, 5) is 16.7. The first kappa shape index (κ1) is 17.9. The summed E-state index contributed by atoms with van der Waals surface area (Å²) in [5.41, 5.74) is 3.64. The van der Waals surface area contributed by atoms with E-state index in [1.165, 1.54) is 0 Å². The van der Waals surface area contributed by atoms with Crippen LogP contribution in [-0.2, 0) is 6.54 Å². The van der Waals surface area contributed by atoms with E-state index in [0.29, 0.717) is 18.0 Å². The summed E-state index contributed by atoms with van der Waals surface area (Å²) in [6, 6.07) is 9.60. The Morgan fingerprint density at radius 3 is 2.46 bits per heavy atom. The molecule has 1 amide bonds. The second-order valence-electron chi connectivity index (χ2n) is 6.97. The van der Waals surface area contributed by atoms with Crippen LogP contribution in [0.2, 0.25) is 0 Å². The Morgan fingerprint density at radius 1 is 1.19 bits per heavy atom. The average molecular weight is 351 g/mol. The normalized spacial score (nSPS) is 12.3. The van der Waals surface area contributed by atoms with Crippen molar-refractivity contribution in [3.05, 3.63) is 66.0 Å². The van der Waals surface area contributed by atoms with Gasteiger partial charge in [-0.25, -0.2) is 9.67 Å². The second-order valence-corrected chi connectivity index (χ2v) is 6.97. The van der Waals surface area contributed by atoms with Gasteiger partial charge < -0.3 is 9.88 Å². The van der Waals surface area contributed by atoms with Crippen molar-refractivity contribution in [1.82, 2.24) is 24.6 Å². The molecule has 0 bridgehead atoms. The number of nitrogens with zero attached hydrogens (tertiary/aromatic N) is 4. The Balaban J connectivity index is 1.71. The standard InChI is InChI=1S/C20H25N5O/c1-14(2)19(12-24-10-9-21-13-24)22-20(26)17-5-7-18(8-6-17)25-16(4)11-15(3)23-25/h5-11,13-14,19H,12H2,1-4H3,(H,22,26).